The van der Waals surface area contributed by atoms with E-state index in [0.717, 1.165) is 25.9 Å². The molecule has 2 aliphatic heterocycles. The second-order valence-electron chi connectivity index (χ2n) is 5.24. The van der Waals surface area contributed by atoms with Crippen molar-refractivity contribution in [3.8, 4) is 0 Å². The molecule has 0 N–H and O–H groups in total. The number of sulfonamides is 1. The fraction of sp³-hybridized carbons (Fsp3) is 0.667. The maximum atomic E-state index is 12.5. The molecule has 2 saturated heterocycles. The van der Waals surface area contributed by atoms with Crippen LogP contribution in [0.2, 0.25) is 0 Å². The predicted octanol–water partition coefficient (Wildman–Crippen LogP) is 0.994. The topological polar surface area (TPSA) is 53.8 Å². The fourth-order valence-electron chi connectivity index (χ4n) is 3.17. The molecule has 2 aliphatic rings. The van der Waals surface area contributed by atoms with E-state index in [1.807, 2.05) is 0 Å². The van der Waals surface area contributed by atoms with E-state index in [-0.39, 0.29) is 11.1 Å². The maximum Gasteiger partial charge on any atom is 0.276 e. The Hall–Kier alpha value is -0.850. The molecule has 3 rings (SSSR count). The smallest absolute Gasteiger partial charge is 0.276 e. The maximum absolute atomic E-state index is 12.5. The lowest BCUT2D eigenvalue weighted by atomic mass is 9.94. The van der Waals surface area contributed by atoms with E-state index >= 15 is 0 Å². The molecule has 0 spiro atoms. The van der Waals surface area contributed by atoms with Gasteiger partial charge in [-0.2, -0.15) is 4.31 Å². The second-order valence-corrected chi connectivity index (χ2v) is 7.06. The van der Waals surface area contributed by atoms with E-state index in [2.05, 4.69) is 11.9 Å². The van der Waals surface area contributed by atoms with Gasteiger partial charge in [-0.05, 0) is 37.9 Å². The Bertz CT molecular complexity index is 511. The van der Waals surface area contributed by atoms with E-state index < -0.39 is 10.0 Å². The van der Waals surface area contributed by atoms with Crippen LogP contribution in [0.4, 0.5) is 0 Å². The SMILES string of the molecule is CN1C[C@@H]2CCCN(S(=O)(=O)c3ccco3)[C@@H]2C1. The summed E-state index contributed by atoms with van der Waals surface area (Å²) in [7, 11) is -1.40. The van der Waals surface area contributed by atoms with E-state index in [0.29, 0.717) is 12.5 Å². The van der Waals surface area contributed by atoms with Crippen LogP contribution < -0.4 is 0 Å². The number of piperidine rings is 1. The lowest BCUT2D eigenvalue weighted by Crippen LogP contribution is -2.48. The monoisotopic (exact) mass is 270 g/mol. The number of fused-ring (bicyclic) bond motifs is 1. The molecule has 0 amide bonds. The van der Waals surface area contributed by atoms with Crippen LogP contribution in [-0.2, 0) is 10.0 Å². The number of furan rings is 1. The van der Waals surface area contributed by atoms with Crippen molar-refractivity contribution in [2.24, 2.45) is 5.92 Å². The van der Waals surface area contributed by atoms with Crippen LogP contribution in [-0.4, -0.2) is 50.3 Å². The Kier molecular flexibility index (Phi) is 2.96. The summed E-state index contributed by atoms with van der Waals surface area (Å²) in [6.07, 6.45) is 3.48. The summed E-state index contributed by atoms with van der Waals surface area (Å²) in [6.45, 7) is 2.43. The van der Waals surface area contributed by atoms with Crippen molar-refractivity contribution in [2.75, 3.05) is 26.7 Å². The van der Waals surface area contributed by atoms with Gasteiger partial charge in [0.25, 0.3) is 10.0 Å². The molecule has 1 aromatic rings. The lowest BCUT2D eigenvalue weighted by Gasteiger charge is -2.35. The first kappa shape index (κ1) is 12.2. The summed E-state index contributed by atoms with van der Waals surface area (Å²) in [5.41, 5.74) is 0. The van der Waals surface area contributed by atoms with Gasteiger partial charge in [0.05, 0.1) is 6.26 Å². The molecule has 0 radical (unpaired) electrons. The van der Waals surface area contributed by atoms with Crippen molar-refractivity contribution in [2.45, 2.75) is 24.0 Å². The van der Waals surface area contributed by atoms with Gasteiger partial charge in [0.15, 0.2) is 0 Å². The molecule has 0 unspecified atom stereocenters. The zero-order valence-electron chi connectivity index (χ0n) is 10.4. The van der Waals surface area contributed by atoms with Crippen LogP contribution in [0.3, 0.4) is 0 Å². The first-order valence-corrected chi connectivity index (χ1v) is 7.77. The fourth-order valence-corrected chi connectivity index (χ4v) is 4.80. The molecule has 1 aromatic heterocycles. The van der Waals surface area contributed by atoms with Crippen LogP contribution in [0.1, 0.15) is 12.8 Å². The standard InChI is InChI=1S/C12H18N2O3S/c1-13-8-10-4-2-6-14(11(10)9-13)18(15,16)12-5-3-7-17-12/h3,5,7,10-11H,2,4,6,8-9H2,1H3/t10-,11+/m0/s1. The van der Waals surface area contributed by atoms with E-state index in [4.69, 9.17) is 4.42 Å². The normalized spacial score (nSPS) is 30.5. The van der Waals surface area contributed by atoms with Crippen LogP contribution in [0.5, 0.6) is 0 Å². The number of hydrogen-bond donors (Lipinski definition) is 0. The third kappa shape index (κ3) is 1.88. The summed E-state index contributed by atoms with van der Waals surface area (Å²) in [5, 5.41) is 0.0673. The van der Waals surface area contributed by atoms with Crippen LogP contribution in [0, 0.1) is 5.92 Å². The Morgan fingerprint density at radius 1 is 1.39 bits per heavy atom. The van der Waals surface area contributed by atoms with Crippen molar-refractivity contribution in [3.05, 3.63) is 18.4 Å². The quantitative estimate of drug-likeness (QED) is 0.804. The van der Waals surface area contributed by atoms with E-state index in [1.165, 1.54) is 12.3 Å². The molecule has 6 heteroatoms. The number of likely N-dealkylation sites (N-methyl/N-ethyl adjacent to an activating group) is 1. The molecule has 2 atom stereocenters. The second kappa shape index (κ2) is 4.36. The first-order valence-electron chi connectivity index (χ1n) is 6.33. The van der Waals surface area contributed by atoms with Crippen molar-refractivity contribution < 1.29 is 12.8 Å². The summed E-state index contributed by atoms with van der Waals surface area (Å²) in [6, 6.07) is 3.26. The zero-order valence-corrected chi connectivity index (χ0v) is 11.3. The van der Waals surface area contributed by atoms with Gasteiger partial charge in [-0.1, -0.05) is 0 Å². The van der Waals surface area contributed by atoms with E-state index in [9.17, 15) is 8.42 Å². The van der Waals surface area contributed by atoms with Crippen molar-refractivity contribution >= 4 is 10.0 Å². The minimum atomic E-state index is -3.46. The highest BCUT2D eigenvalue weighted by Gasteiger charge is 2.43. The van der Waals surface area contributed by atoms with Crippen molar-refractivity contribution in [1.82, 2.24) is 9.21 Å². The average molecular weight is 270 g/mol. The third-order valence-corrected chi connectivity index (χ3v) is 5.78. The molecular weight excluding hydrogens is 252 g/mol. The Morgan fingerprint density at radius 3 is 2.94 bits per heavy atom. The van der Waals surface area contributed by atoms with Crippen LogP contribution in [0.25, 0.3) is 0 Å². The molecule has 0 aliphatic carbocycles. The van der Waals surface area contributed by atoms with Crippen molar-refractivity contribution in [1.29, 1.82) is 0 Å². The van der Waals surface area contributed by atoms with Gasteiger partial charge in [0, 0.05) is 25.7 Å². The summed E-state index contributed by atoms with van der Waals surface area (Å²) in [4.78, 5) is 2.21. The van der Waals surface area contributed by atoms with Gasteiger partial charge in [0.1, 0.15) is 0 Å². The van der Waals surface area contributed by atoms with Gasteiger partial charge >= 0.3 is 0 Å². The molecule has 0 bridgehead atoms. The highest BCUT2D eigenvalue weighted by molar-refractivity contribution is 7.89. The largest absolute Gasteiger partial charge is 0.452 e. The van der Waals surface area contributed by atoms with Gasteiger partial charge in [-0.15, -0.1) is 0 Å². The summed E-state index contributed by atoms with van der Waals surface area (Å²) in [5.74, 6) is 0.466. The van der Waals surface area contributed by atoms with Gasteiger partial charge in [0.2, 0.25) is 5.09 Å². The van der Waals surface area contributed by atoms with Gasteiger partial charge in [-0.25, -0.2) is 8.42 Å². The Labute approximate surface area is 107 Å². The number of rotatable bonds is 2. The average Bonchev–Trinajstić information content (AvgIpc) is 2.95. The molecule has 18 heavy (non-hydrogen) atoms. The summed E-state index contributed by atoms with van der Waals surface area (Å²) >= 11 is 0. The molecular formula is C12H18N2O3S. The van der Waals surface area contributed by atoms with Gasteiger partial charge in [-0.3, -0.25) is 0 Å². The lowest BCUT2D eigenvalue weighted by molar-refractivity contribution is 0.213. The molecule has 5 nitrogen and oxygen atoms in total. The predicted molar refractivity (Wildman–Crippen MR) is 66.6 cm³/mol. The number of likely N-dealkylation sites (tertiary alicyclic amines) is 1. The molecule has 0 aromatic carbocycles. The highest BCUT2D eigenvalue weighted by Crippen LogP contribution is 2.33. The highest BCUT2D eigenvalue weighted by atomic mass is 32.2. The Balaban J connectivity index is 1.92. The molecule has 0 saturated carbocycles. The van der Waals surface area contributed by atoms with Crippen LogP contribution >= 0.6 is 0 Å². The van der Waals surface area contributed by atoms with Crippen molar-refractivity contribution in [3.63, 3.8) is 0 Å². The number of hydrogen-bond acceptors (Lipinski definition) is 4. The molecule has 2 fully saturated rings. The minimum absolute atomic E-state index is 0.0673. The van der Waals surface area contributed by atoms with E-state index in [1.54, 1.807) is 10.4 Å². The third-order valence-electron chi connectivity index (χ3n) is 3.97. The molecule has 3 heterocycles. The summed E-state index contributed by atoms with van der Waals surface area (Å²) < 4.78 is 31.7. The van der Waals surface area contributed by atoms with Crippen LogP contribution in [0.15, 0.2) is 27.9 Å². The molecule has 100 valence electrons. The minimum Gasteiger partial charge on any atom is -0.452 e. The first-order chi connectivity index (χ1) is 8.59. The number of nitrogens with zero attached hydrogens (tertiary/aromatic N) is 2. The van der Waals surface area contributed by atoms with Gasteiger partial charge < -0.3 is 9.32 Å². The zero-order chi connectivity index (χ0) is 12.8. The Morgan fingerprint density at radius 2 is 2.22 bits per heavy atom.